The number of nitrogens with one attached hydrogen (secondary N) is 1. The van der Waals surface area contributed by atoms with Gasteiger partial charge in [0.2, 0.25) is 0 Å². The largest absolute Gasteiger partial charge is 0.493 e. The summed E-state index contributed by atoms with van der Waals surface area (Å²) in [6.45, 7) is 6.49. The highest BCUT2D eigenvalue weighted by Gasteiger charge is 2.11. The molecule has 0 fully saturated rings. The first-order chi connectivity index (χ1) is 13.1. The van der Waals surface area contributed by atoms with E-state index in [0.29, 0.717) is 30.5 Å². The summed E-state index contributed by atoms with van der Waals surface area (Å²) in [6, 6.07) is 9.73. The van der Waals surface area contributed by atoms with Crippen molar-refractivity contribution in [3.05, 3.63) is 46.5 Å². The Labute approximate surface area is 166 Å². The smallest absolute Gasteiger partial charge is 0.162 e. The lowest BCUT2D eigenvalue weighted by Crippen LogP contribution is -2.17. The second kappa shape index (κ2) is 10.9. The topological polar surface area (TPSA) is 49.0 Å². The molecule has 0 bridgehead atoms. The number of halogens is 1. The predicted octanol–water partition coefficient (Wildman–Crippen LogP) is 4.49. The van der Waals surface area contributed by atoms with Crippen LogP contribution in [-0.2, 0) is 13.0 Å². The predicted molar refractivity (Wildman–Crippen MR) is 109 cm³/mol. The van der Waals surface area contributed by atoms with Crippen LogP contribution >= 0.6 is 11.6 Å². The summed E-state index contributed by atoms with van der Waals surface area (Å²) in [5, 5.41) is 4.09. The lowest BCUT2D eigenvalue weighted by Gasteiger charge is -2.14. The van der Waals surface area contributed by atoms with Gasteiger partial charge in [-0.25, -0.2) is 0 Å². The minimum absolute atomic E-state index is 0.569. The molecule has 2 rings (SSSR count). The van der Waals surface area contributed by atoms with Crippen LogP contribution in [-0.4, -0.2) is 34.0 Å². The van der Waals surface area contributed by atoms with Gasteiger partial charge in [0.05, 0.1) is 27.4 Å². The van der Waals surface area contributed by atoms with Crippen LogP contribution < -0.4 is 24.3 Å². The van der Waals surface area contributed by atoms with E-state index in [1.54, 1.807) is 14.2 Å². The average Bonchev–Trinajstić information content (AvgIpc) is 2.68. The Morgan fingerprint density at radius 1 is 0.852 bits per heavy atom. The molecule has 0 amide bonds. The van der Waals surface area contributed by atoms with Crippen molar-refractivity contribution >= 4 is 11.6 Å². The zero-order valence-electron chi connectivity index (χ0n) is 16.4. The van der Waals surface area contributed by atoms with Gasteiger partial charge >= 0.3 is 0 Å². The molecule has 0 aliphatic heterocycles. The highest BCUT2D eigenvalue weighted by Crippen LogP contribution is 2.33. The van der Waals surface area contributed by atoms with Crippen molar-refractivity contribution < 1.29 is 18.9 Å². The number of methoxy groups -OCH3 is 2. The number of rotatable bonds is 11. The van der Waals surface area contributed by atoms with Crippen molar-refractivity contribution in [2.75, 3.05) is 34.0 Å². The fourth-order valence-corrected chi connectivity index (χ4v) is 2.96. The third-order valence-corrected chi connectivity index (χ3v) is 4.42. The van der Waals surface area contributed by atoms with Crippen molar-refractivity contribution in [1.29, 1.82) is 0 Å². The Morgan fingerprint density at radius 3 is 2.15 bits per heavy atom. The molecule has 0 spiro atoms. The Hall–Kier alpha value is -2.11. The molecular formula is C21H28ClNO4. The summed E-state index contributed by atoms with van der Waals surface area (Å²) in [4.78, 5) is 0. The van der Waals surface area contributed by atoms with Gasteiger partial charge in [-0.1, -0.05) is 17.7 Å². The molecule has 5 nitrogen and oxygen atoms in total. The van der Waals surface area contributed by atoms with E-state index in [0.717, 1.165) is 35.8 Å². The third kappa shape index (κ3) is 5.94. The van der Waals surface area contributed by atoms with Gasteiger partial charge in [0, 0.05) is 17.6 Å². The van der Waals surface area contributed by atoms with Gasteiger partial charge in [-0.2, -0.15) is 0 Å². The average molecular weight is 394 g/mol. The van der Waals surface area contributed by atoms with Crippen molar-refractivity contribution in [2.24, 2.45) is 0 Å². The van der Waals surface area contributed by atoms with Crippen LogP contribution in [0.5, 0.6) is 23.0 Å². The Bertz CT molecular complexity index is 736. The van der Waals surface area contributed by atoms with Crippen molar-refractivity contribution in [1.82, 2.24) is 5.32 Å². The highest BCUT2D eigenvalue weighted by atomic mass is 35.5. The van der Waals surface area contributed by atoms with E-state index < -0.39 is 0 Å². The zero-order chi connectivity index (χ0) is 19.6. The molecule has 2 aromatic rings. The van der Waals surface area contributed by atoms with E-state index in [1.165, 1.54) is 5.56 Å². The van der Waals surface area contributed by atoms with E-state index in [9.17, 15) is 0 Å². The highest BCUT2D eigenvalue weighted by molar-refractivity contribution is 6.31. The molecule has 0 aliphatic carbocycles. The quantitative estimate of drug-likeness (QED) is 0.570. The van der Waals surface area contributed by atoms with Crippen LogP contribution in [0.15, 0.2) is 30.3 Å². The maximum Gasteiger partial charge on any atom is 0.162 e. The lowest BCUT2D eigenvalue weighted by molar-refractivity contribution is 0.287. The lowest BCUT2D eigenvalue weighted by atomic mass is 10.1. The molecule has 0 atom stereocenters. The van der Waals surface area contributed by atoms with Crippen LogP contribution in [0, 0.1) is 0 Å². The van der Waals surface area contributed by atoms with Crippen molar-refractivity contribution in [3.8, 4) is 23.0 Å². The molecule has 0 aliphatic rings. The van der Waals surface area contributed by atoms with E-state index in [4.69, 9.17) is 30.5 Å². The van der Waals surface area contributed by atoms with Crippen LogP contribution in [0.2, 0.25) is 5.02 Å². The minimum atomic E-state index is 0.569. The Morgan fingerprint density at radius 2 is 1.52 bits per heavy atom. The summed E-state index contributed by atoms with van der Waals surface area (Å²) in [5.74, 6) is 2.88. The monoisotopic (exact) mass is 393 g/mol. The summed E-state index contributed by atoms with van der Waals surface area (Å²) in [6.07, 6.45) is 0.868. The third-order valence-electron chi connectivity index (χ3n) is 4.07. The number of hydrogen-bond acceptors (Lipinski definition) is 5. The first-order valence-electron chi connectivity index (χ1n) is 9.12. The molecule has 1 N–H and O–H groups in total. The molecule has 2 aromatic carbocycles. The van der Waals surface area contributed by atoms with Gasteiger partial charge in [-0.05, 0) is 56.1 Å². The first-order valence-corrected chi connectivity index (χ1v) is 9.50. The molecular weight excluding hydrogens is 366 g/mol. The van der Waals surface area contributed by atoms with Crippen LogP contribution in [0.4, 0.5) is 0 Å². The normalized spacial score (nSPS) is 10.6. The summed E-state index contributed by atoms with van der Waals surface area (Å²) >= 11 is 6.40. The van der Waals surface area contributed by atoms with Gasteiger partial charge in [-0.3, -0.25) is 0 Å². The van der Waals surface area contributed by atoms with Gasteiger partial charge in [-0.15, -0.1) is 0 Å². The molecule has 0 radical (unpaired) electrons. The molecule has 27 heavy (non-hydrogen) atoms. The second-order valence-corrected chi connectivity index (χ2v) is 6.28. The van der Waals surface area contributed by atoms with Gasteiger partial charge in [0.25, 0.3) is 0 Å². The zero-order valence-corrected chi connectivity index (χ0v) is 17.2. The second-order valence-electron chi connectivity index (χ2n) is 5.87. The van der Waals surface area contributed by atoms with Crippen LogP contribution in [0.3, 0.4) is 0 Å². The minimum Gasteiger partial charge on any atom is -0.493 e. The van der Waals surface area contributed by atoms with Crippen LogP contribution in [0.25, 0.3) is 0 Å². The number of ether oxygens (including phenoxy) is 4. The summed E-state index contributed by atoms with van der Waals surface area (Å²) < 4.78 is 21.9. The summed E-state index contributed by atoms with van der Waals surface area (Å²) in [5.41, 5.74) is 2.16. The maximum atomic E-state index is 6.40. The summed E-state index contributed by atoms with van der Waals surface area (Å²) in [7, 11) is 3.28. The fraction of sp³-hybridized carbons (Fsp3) is 0.429. The Balaban J connectivity index is 1.95. The van der Waals surface area contributed by atoms with Crippen molar-refractivity contribution in [3.63, 3.8) is 0 Å². The number of hydrogen-bond donors (Lipinski definition) is 1. The maximum absolute atomic E-state index is 6.40. The van der Waals surface area contributed by atoms with E-state index in [1.807, 2.05) is 44.2 Å². The molecule has 0 aromatic heterocycles. The first kappa shape index (κ1) is 21.2. The molecule has 0 unspecified atom stereocenters. The van der Waals surface area contributed by atoms with Gasteiger partial charge in [0.1, 0.15) is 0 Å². The Kier molecular flexibility index (Phi) is 8.55. The molecule has 0 heterocycles. The number of benzene rings is 2. The van der Waals surface area contributed by atoms with Gasteiger partial charge in [0.15, 0.2) is 23.0 Å². The van der Waals surface area contributed by atoms with E-state index in [2.05, 4.69) is 5.32 Å². The van der Waals surface area contributed by atoms with Crippen molar-refractivity contribution in [2.45, 2.75) is 26.8 Å². The molecule has 0 saturated carbocycles. The van der Waals surface area contributed by atoms with Crippen LogP contribution in [0.1, 0.15) is 25.0 Å². The molecule has 6 heteroatoms. The van der Waals surface area contributed by atoms with E-state index in [-0.39, 0.29) is 0 Å². The van der Waals surface area contributed by atoms with E-state index >= 15 is 0 Å². The fourth-order valence-electron chi connectivity index (χ4n) is 2.74. The molecule has 0 saturated heterocycles. The van der Waals surface area contributed by atoms with Gasteiger partial charge < -0.3 is 24.3 Å². The molecule has 148 valence electrons. The SMILES string of the molecule is CCOc1cc(Cl)c(CNCCc2ccc(OC)c(OC)c2)cc1OCC. The standard InChI is InChI=1S/C21H28ClNO4/c1-5-26-20-12-16(17(22)13-21(20)27-6-2)14-23-10-9-15-7-8-18(24-3)19(11-15)25-4/h7-8,11-13,23H,5-6,9-10,14H2,1-4H3.